The molecule has 116 valence electrons. The molecule has 0 saturated heterocycles. The van der Waals surface area contributed by atoms with Gasteiger partial charge >= 0.3 is 0 Å². The van der Waals surface area contributed by atoms with Crippen LogP contribution in [0.4, 0.5) is 0 Å². The van der Waals surface area contributed by atoms with Crippen molar-refractivity contribution in [3.05, 3.63) is 11.1 Å². The molecule has 0 atom stereocenters. The van der Waals surface area contributed by atoms with Crippen LogP contribution >= 0.6 is 0 Å². The summed E-state index contributed by atoms with van der Waals surface area (Å²) in [6.07, 6.45) is 14.4. The number of allylic oxidation sites excluding steroid dienone is 2. The van der Waals surface area contributed by atoms with Gasteiger partial charge in [0.15, 0.2) is 0 Å². The average molecular weight is 277 g/mol. The van der Waals surface area contributed by atoms with Crippen molar-refractivity contribution in [3.63, 3.8) is 0 Å². The van der Waals surface area contributed by atoms with Gasteiger partial charge in [-0.2, -0.15) is 0 Å². The first kappa shape index (κ1) is 16.1. The van der Waals surface area contributed by atoms with Crippen molar-refractivity contribution < 1.29 is 0 Å². The van der Waals surface area contributed by atoms with Crippen LogP contribution in [0.2, 0.25) is 0 Å². The Morgan fingerprint density at radius 3 is 1.75 bits per heavy atom. The van der Waals surface area contributed by atoms with Crippen molar-refractivity contribution in [2.75, 3.05) is 0 Å². The molecule has 0 aliphatic heterocycles. The average Bonchev–Trinajstić information content (AvgIpc) is 2.39. The summed E-state index contributed by atoms with van der Waals surface area (Å²) < 4.78 is 0. The molecule has 0 aromatic heterocycles. The first-order chi connectivity index (χ1) is 9.33. The minimum absolute atomic E-state index is 0.341. The van der Waals surface area contributed by atoms with Gasteiger partial charge in [-0.05, 0) is 55.3 Å². The smallest absolute Gasteiger partial charge is 0.0109 e. The van der Waals surface area contributed by atoms with Gasteiger partial charge in [-0.3, -0.25) is 0 Å². The van der Waals surface area contributed by atoms with E-state index in [0.29, 0.717) is 10.8 Å². The lowest BCUT2D eigenvalue weighted by atomic mass is 9.59. The normalized spacial score (nSPS) is 22.9. The first-order valence-corrected chi connectivity index (χ1v) is 9.06. The highest BCUT2D eigenvalue weighted by atomic mass is 14.4. The fourth-order valence-corrected chi connectivity index (χ4v) is 5.21. The highest BCUT2D eigenvalue weighted by Gasteiger charge is 2.40. The molecule has 0 bridgehead atoms. The zero-order chi connectivity index (χ0) is 14.8. The summed E-state index contributed by atoms with van der Waals surface area (Å²) in [5.74, 6) is 0.917. The Hall–Kier alpha value is -0.260. The van der Waals surface area contributed by atoms with E-state index in [-0.39, 0.29) is 0 Å². The van der Waals surface area contributed by atoms with Crippen LogP contribution in [0.1, 0.15) is 98.8 Å². The summed E-state index contributed by atoms with van der Waals surface area (Å²) in [4.78, 5) is 0. The molecule has 0 unspecified atom stereocenters. The van der Waals surface area contributed by atoms with Gasteiger partial charge < -0.3 is 0 Å². The van der Waals surface area contributed by atoms with E-state index >= 15 is 0 Å². The number of rotatable bonds is 2. The molecular weight excluding hydrogens is 240 g/mol. The molecule has 0 amide bonds. The summed E-state index contributed by atoms with van der Waals surface area (Å²) in [6, 6.07) is 0. The predicted molar refractivity (Wildman–Crippen MR) is 89.9 cm³/mol. The number of hydrogen-bond acceptors (Lipinski definition) is 0. The van der Waals surface area contributed by atoms with Gasteiger partial charge in [0.1, 0.15) is 0 Å². The fraction of sp³-hybridized carbons (Fsp3) is 0.900. The third-order valence-electron chi connectivity index (χ3n) is 5.83. The molecule has 2 aliphatic carbocycles. The van der Waals surface area contributed by atoms with E-state index in [1.54, 1.807) is 0 Å². The van der Waals surface area contributed by atoms with Crippen LogP contribution in [0.25, 0.3) is 0 Å². The zero-order valence-electron chi connectivity index (χ0n) is 14.6. The molecule has 0 spiro atoms. The second-order valence-electron chi connectivity index (χ2n) is 8.85. The van der Waals surface area contributed by atoms with Crippen molar-refractivity contribution in [2.24, 2.45) is 16.7 Å². The zero-order valence-corrected chi connectivity index (χ0v) is 14.6. The molecule has 2 aliphatic rings. The van der Waals surface area contributed by atoms with E-state index in [4.69, 9.17) is 0 Å². The first-order valence-electron chi connectivity index (χ1n) is 9.06. The molecule has 2 rings (SSSR count). The SMILES string of the molecule is CC(C)(C)C(=C1CCCCC1)C(C)(C)C1CCCCC1. The number of hydrogen-bond donors (Lipinski definition) is 0. The van der Waals surface area contributed by atoms with Crippen LogP contribution in [0.3, 0.4) is 0 Å². The lowest BCUT2D eigenvalue weighted by molar-refractivity contribution is 0.166. The van der Waals surface area contributed by atoms with Gasteiger partial charge in [-0.15, -0.1) is 0 Å². The fourth-order valence-electron chi connectivity index (χ4n) is 5.21. The van der Waals surface area contributed by atoms with Crippen LogP contribution in [0.15, 0.2) is 11.1 Å². The van der Waals surface area contributed by atoms with Crippen molar-refractivity contribution in [1.29, 1.82) is 0 Å². The van der Waals surface area contributed by atoms with Gasteiger partial charge in [0, 0.05) is 0 Å². The van der Waals surface area contributed by atoms with E-state index in [1.807, 2.05) is 11.1 Å². The predicted octanol–water partition coefficient (Wildman–Crippen LogP) is 6.90. The lowest BCUT2D eigenvalue weighted by Gasteiger charge is -2.46. The molecule has 0 nitrogen and oxygen atoms in total. The molecule has 0 radical (unpaired) electrons. The lowest BCUT2D eigenvalue weighted by Crippen LogP contribution is -2.35. The molecule has 0 heterocycles. The van der Waals surface area contributed by atoms with Crippen LogP contribution in [-0.2, 0) is 0 Å². The Balaban J connectivity index is 2.34. The summed E-state index contributed by atoms with van der Waals surface area (Å²) in [6.45, 7) is 12.5. The Bertz CT molecular complexity index is 337. The van der Waals surface area contributed by atoms with Crippen molar-refractivity contribution >= 4 is 0 Å². The van der Waals surface area contributed by atoms with Crippen molar-refractivity contribution in [1.82, 2.24) is 0 Å². The van der Waals surface area contributed by atoms with Gasteiger partial charge in [0.05, 0.1) is 0 Å². The van der Waals surface area contributed by atoms with Crippen LogP contribution in [-0.4, -0.2) is 0 Å². The van der Waals surface area contributed by atoms with E-state index < -0.39 is 0 Å². The highest BCUT2D eigenvalue weighted by molar-refractivity contribution is 5.28. The maximum absolute atomic E-state index is 2.56. The molecule has 0 N–H and O–H groups in total. The van der Waals surface area contributed by atoms with E-state index in [1.165, 1.54) is 64.2 Å². The van der Waals surface area contributed by atoms with Crippen LogP contribution < -0.4 is 0 Å². The Morgan fingerprint density at radius 1 is 0.750 bits per heavy atom. The van der Waals surface area contributed by atoms with Crippen molar-refractivity contribution in [2.45, 2.75) is 98.8 Å². The largest absolute Gasteiger partial charge is 0.0699 e. The third kappa shape index (κ3) is 3.49. The monoisotopic (exact) mass is 276 g/mol. The van der Waals surface area contributed by atoms with E-state index in [0.717, 1.165) is 5.92 Å². The topological polar surface area (TPSA) is 0 Å². The molecule has 2 fully saturated rings. The quantitative estimate of drug-likeness (QED) is 0.481. The van der Waals surface area contributed by atoms with Crippen molar-refractivity contribution in [3.8, 4) is 0 Å². The molecule has 0 heteroatoms. The molecule has 0 aromatic carbocycles. The van der Waals surface area contributed by atoms with Gasteiger partial charge in [-0.1, -0.05) is 71.4 Å². The molecule has 20 heavy (non-hydrogen) atoms. The summed E-state index contributed by atoms with van der Waals surface area (Å²) in [7, 11) is 0. The highest BCUT2D eigenvalue weighted by Crippen LogP contribution is 2.52. The second-order valence-corrected chi connectivity index (χ2v) is 8.85. The standard InChI is InChI=1S/C20H36/c1-19(2,3)18(16-12-8-6-9-13-16)20(4,5)17-14-10-7-11-15-17/h17H,6-15H2,1-5H3. The van der Waals surface area contributed by atoms with E-state index in [2.05, 4.69) is 34.6 Å². The van der Waals surface area contributed by atoms with Gasteiger partial charge in [0.2, 0.25) is 0 Å². The third-order valence-corrected chi connectivity index (χ3v) is 5.83. The minimum Gasteiger partial charge on any atom is -0.0699 e. The Kier molecular flexibility index (Phi) is 5.03. The summed E-state index contributed by atoms with van der Waals surface area (Å²) >= 11 is 0. The Labute approximate surface area is 127 Å². The maximum atomic E-state index is 2.56. The maximum Gasteiger partial charge on any atom is -0.0109 e. The molecular formula is C20H36. The molecule has 2 saturated carbocycles. The van der Waals surface area contributed by atoms with Crippen LogP contribution in [0.5, 0.6) is 0 Å². The summed E-state index contributed by atoms with van der Waals surface area (Å²) in [5.41, 5.74) is 4.41. The van der Waals surface area contributed by atoms with Gasteiger partial charge in [0.25, 0.3) is 0 Å². The van der Waals surface area contributed by atoms with Gasteiger partial charge in [-0.25, -0.2) is 0 Å². The summed E-state index contributed by atoms with van der Waals surface area (Å²) in [5, 5.41) is 0. The Morgan fingerprint density at radius 2 is 1.25 bits per heavy atom. The molecule has 0 aromatic rings. The van der Waals surface area contributed by atoms with Crippen LogP contribution in [0, 0.1) is 16.7 Å². The second kappa shape index (κ2) is 6.24. The van der Waals surface area contributed by atoms with E-state index in [9.17, 15) is 0 Å². The minimum atomic E-state index is 0.341.